The zero-order chi connectivity index (χ0) is 17.1. The van der Waals surface area contributed by atoms with E-state index in [0.717, 1.165) is 10.9 Å². The fraction of sp³-hybridized carbons (Fsp3) is 0.158. The molecule has 5 heteroatoms. The molecule has 0 saturated heterocycles. The number of rotatable bonds is 4. The van der Waals surface area contributed by atoms with E-state index < -0.39 is 0 Å². The van der Waals surface area contributed by atoms with E-state index >= 15 is 0 Å². The van der Waals surface area contributed by atoms with E-state index in [2.05, 4.69) is 10.3 Å². The molecule has 3 rings (SSSR count). The van der Waals surface area contributed by atoms with Crippen LogP contribution in [0.4, 0.5) is 10.1 Å². The first-order chi connectivity index (χ1) is 11.5. The number of nitrogens with one attached hydrogen (secondary N) is 2. The Kier molecular flexibility index (Phi) is 4.42. The number of anilines is 1. The number of pyridine rings is 1. The molecule has 24 heavy (non-hydrogen) atoms. The number of amides is 1. The average Bonchev–Trinajstić information content (AvgIpc) is 2.54. The van der Waals surface area contributed by atoms with Crippen LogP contribution in [0.1, 0.15) is 17.5 Å². The largest absolute Gasteiger partial charge is 0.326 e. The van der Waals surface area contributed by atoms with Crippen molar-refractivity contribution in [2.24, 2.45) is 0 Å². The number of H-pyrrole nitrogens is 1. The molecule has 1 aromatic heterocycles. The molecule has 1 amide bonds. The fourth-order valence-corrected chi connectivity index (χ4v) is 2.56. The topological polar surface area (TPSA) is 62.0 Å². The minimum Gasteiger partial charge on any atom is -0.326 e. The molecule has 0 atom stereocenters. The maximum Gasteiger partial charge on any atom is 0.251 e. The van der Waals surface area contributed by atoms with Gasteiger partial charge in [0.05, 0.1) is 5.52 Å². The summed E-state index contributed by atoms with van der Waals surface area (Å²) in [6.07, 6.45) is 0.721. The standard InChI is InChI=1S/C19H17FN2O2/c1-12-9-14-6-7-16(11-17(14)22-19(12)24)21-18(23)8-5-13-3-2-4-15(20)10-13/h2-4,6-7,9-11H,5,8H2,1H3,(H,21,23)(H,22,24). The van der Waals surface area contributed by atoms with E-state index in [-0.39, 0.29) is 23.7 Å². The molecule has 0 unspecified atom stereocenters. The van der Waals surface area contributed by atoms with Crippen molar-refractivity contribution in [1.82, 2.24) is 4.98 Å². The van der Waals surface area contributed by atoms with Crippen molar-refractivity contribution < 1.29 is 9.18 Å². The van der Waals surface area contributed by atoms with Gasteiger partial charge >= 0.3 is 0 Å². The van der Waals surface area contributed by atoms with Crippen LogP contribution in [0.2, 0.25) is 0 Å². The Morgan fingerprint density at radius 2 is 2.00 bits per heavy atom. The Balaban J connectivity index is 1.69. The predicted octanol–water partition coefficient (Wildman–Crippen LogP) is 3.55. The van der Waals surface area contributed by atoms with Gasteiger partial charge in [0.1, 0.15) is 5.82 Å². The summed E-state index contributed by atoms with van der Waals surface area (Å²) in [6, 6.07) is 13.4. The number of aromatic nitrogens is 1. The van der Waals surface area contributed by atoms with Crippen molar-refractivity contribution in [3.8, 4) is 0 Å². The van der Waals surface area contributed by atoms with Gasteiger partial charge < -0.3 is 10.3 Å². The summed E-state index contributed by atoms with van der Waals surface area (Å²) in [5.41, 5.74) is 2.58. The van der Waals surface area contributed by atoms with Crippen LogP contribution in [0.5, 0.6) is 0 Å². The molecule has 1 heterocycles. The first-order valence-electron chi connectivity index (χ1n) is 7.69. The second kappa shape index (κ2) is 6.66. The van der Waals surface area contributed by atoms with Gasteiger partial charge in [0, 0.05) is 17.7 Å². The van der Waals surface area contributed by atoms with Crippen molar-refractivity contribution in [1.29, 1.82) is 0 Å². The van der Waals surface area contributed by atoms with Crippen LogP contribution < -0.4 is 10.9 Å². The van der Waals surface area contributed by atoms with E-state index in [9.17, 15) is 14.0 Å². The van der Waals surface area contributed by atoms with Crippen molar-refractivity contribution in [3.63, 3.8) is 0 Å². The third-order valence-corrected chi connectivity index (χ3v) is 3.85. The second-order valence-corrected chi connectivity index (χ2v) is 5.76. The monoisotopic (exact) mass is 324 g/mol. The Bertz CT molecular complexity index is 963. The third kappa shape index (κ3) is 3.68. The van der Waals surface area contributed by atoms with Crippen LogP contribution in [0.25, 0.3) is 10.9 Å². The summed E-state index contributed by atoms with van der Waals surface area (Å²) in [5, 5.41) is 3.71. The first kappa shape index (κ1) is 15.9. The smallest absolute Gasteiger partial charge is 0.251 e. The molecule has 0 aliphatic heterocycles. The number of fused-ring (bicyclic) bond motifs is 1. The van der Waals surface area contributed by atoms with Gasteiger partial charge in [-0.3, -0.25) is 9.59 Å². The van der Waals surface area contributed by atoms with Gasteiger partial charge in [-0.1, -0.05) is 18.2 Å². The molecule has 3 aromatic rings. The number of benzene rings is 2. The lowest BCUT2D eigenvalue weighted by molar-refractivity contribution is -0.116. The molecule has 0 saturated carbocycles. The third-order valence-electron chi connectivity index (χ3n) is 3.85. The van der Waals surface area contributed by atoms with Crippen LogP contribution in [0.3, 0.4) is 0 Å². The quantitative estimate of drug-likeness (QED) is 0.771. The first-order valence-corrected chi connectivity index (χ1v) is 7.69. The molecule has 0 radical (unpaired) electrons. The molecule has 0 spiro atoms. The normalized spacial score (nSPS) is 10.8. The number of aromatic amines is 1. The predicted molar refractivity (Wildman–Crippen MR) is 92.7 cm³/mol. The molecule has 122 valence electrons. The number of halogens is 1. The summed E-state index contributed by atoms with van der Waals surface area (Å²) in [7, 11) is 0. The molecular formula is C19H17FN2O2. The van der Waals surface area contributed by atoms with Crippen LogP contribution in [-0.2, 0) is 11.2 Å². The van der Waals surface area contributed by atoms with E-state index in [1.807, 2.05) is 12.1 Å². The highest BCUT2D eigenvalue weighted by molar-refractivity contribution is 5.93. The lowest BCUT2D eigenvalue weighted by Gasteiger charge is -2.07. The molecule has 2 N–H and O–H groups in total. The van der Waals surface area contributed by atoms with E-state index in [4.69, 9.17) is 0 Å². The maximum atomic E-state index is 13.1. The summed E-state index contributed by atoms with van der Waals surface area (Å²) < 4.78 is 13.1. The van der Waals surface area contributed by atoms with Crippen molar-refractivity contribution in [2.45, 2.75) is 19.8 Å². The molecular weight excluding hydrogens is 307 g/mol. The molecule has 4 nitrogen and oxygen atoms in total. The van der Waals surface area contributed by atoms with Gasteiger partial charge in [0.15, 0.2) is 0 Å². The molecule has 0 aliphatic carbocycles. The van der Waals surface area contributed by atoms with E-state index in [0.29, 0.717) is 23.2 Å². The molecule has 0 bridgehead atoms. The highest BCUT2D eigenvalue weighted by Crippen LogP contribution is 2.17. The van der Waals surface area contributed by atoms with Gasteiger partial charge in [-0.2, -0.15) is 0 Å². The van der Waals surface area contributed by atoms with E-state index in [1.165, 1.54) is 12.1 Å². The highest BCUT2D eigenvalue weighted by Gasteiger charge is 2.06. The highest BCUT2D eigenvalue weighted by atomic mass is 19.1. The molecule has 2 aromatic carbocycles. The number of hydrogen-bond acceptors (Lipinski definition) is 2. The van der Waals surface area contributed by atoms with Crippen LogP contribution in [0, 0.1) is 12.7 Å². The summed E-state index contributed by atoms with van der Waals surface area (Å²) in [5.74, 6) is -0.463. The number of hydrogen-bond donors (Lipinski definition) is 2. The molecule has 0 fully saturated rings. The average molecular weight is 324 g/mol. The van der Waals surface area contributed by atoms with E-state index in [1.54, 1.807) is 31.2 Å². The van der Waals surface area contributed by atoms with Gasteiger partial charge in [-0.25, -0.2) is 4.39 Å². The lowest BCUT2D eigenvalue weighted by Crippen LogP contribution is -2.13. The van der Waals surface area contributed by atoms with Crippen LogP contribution in [-0.4, -0.2) is 10.9 Å². The van der Waals surface area contributed by atoms with Crippen LogP contribution in [0.15, 0.2) is 53.3 Å². The van der Waals surface area contributed by atoms with Gasteiger partial charge in [0.2, 0.25) is 5.91 Å². The maximum absolute atomic E-state index is 13.1. The number of carbonyl (C=O) groups excluding carboxylic acids is 1. The Hall–Kier alpha value is -2.95. The van der Waals surface area contributed by atoms with Gasteiger partial charge in [0.25, 0.3) is 5.56 Å². The number of carbonyl (C=O) groups is 1. The van der Waals surface area contributed by atoms with Crippen molar-refractivity contribution >= 4 is 22.5 Å². The summed E-state index contributed by atoms with van der Waals surface area (Å²) >= 11 is 0. The zero-order valence-electron chi connectivity index (χ0n) is 13.2. The summed E-state index contributed by atoms with van der Waals surface area (Å²) in [6.45, 7) is 1.75. The summed E-state index contributed by atoms with van der Waals surface area (Å²) in [4.78, 5) is 26.5. The minimum absolute atomic E-state index is 0.142. The fourth-order valence-electron chi connectivity index (χ4n) is 2.56. The van der Waals surface area contributed by atoms with Gasteiger partial charge in [-0.15, -0.1) is 0 Å². The van der Waals surface area contributed by atoms with Crippen LogP contribution >= 0.6 is 0 Å². The second-order valence-electron chi connectivity index (χ2n) is 5.76. The molecule has 0 aliphatic rings. The van der Waals surface area contributed by atoms with Gasteiger partial charge in [-0.05, 0) is 54.6 Å². The van der Waals surface area contributed by atoms with Crippen molar-refractivity contribution in [2.75, 3.05) is 5.32 Å². The number of aryl methyl sites for hydroxylation is 2. The minimum atomic E-state index is -0.304. The van der Waals surface area contributed by atoms with Crippen molar-refractivity contribution in [3.05, 3.63) is 75.8 Å². The SMILES string of the molecule is Cc1cc2ccc(NC(=O)CCc3cccc(F)c3)cc2[nH]c1=O. The Morgan fingerprint density at radius 1 is 1.17 bits per heavy atom. The zero-order valence-corrected chi connectivity index (χ0v) is 13.2. The Labute approximate surface area is 138 Å². The Morgan fingerprint density at radius 3 is 2.79 bits per heavy atom. The lowest BCUT2D eigenvalue weighted by atomic mass is 10.1.